The first kappa shape index (κ1) is 17.0. The van der Waals surface area contributed by atoms with E-state index in [1.807, 2.05) is 0 Å². The lowest BCUT2D eigenvalue weighted by atomic mass is 10.2. The summed E-state index contributed by atoms with van der Waals surface area (Å²) >= 11 is 0. The van der Waals surface area contributed by atoms with Crippen molar-refractivity contribution in [2.45, 2.75) is 12.3 Å². The van der Waals surface area contributed by atoms with Crippen molar-refractivity contribution in [1.82, 2.24) is 4.98 Å². The molecule has 0 aliphatic rings. The van der Waals surface area contributed by atoms with Gasteiger partial charge in [-0.15, -0.1) is 0 Å². The van der Waals surface area contributed by atoms with Crippen molar-refractivity contribution < 1.29 is 27.4 Å². The van der Waals surface area contributed by atoms with Gasteiger partial charge in [0.05, 0.1) is 5.56 Å². The summed E-state index contributed by atoms with van der Waals surface area (Å²) in [6, 6.07) is 8.35. The number of rotatable bonds is 6. The number of halogens is 4. The number of pyridine rings is 1. The van der Waals surface area contributed by atoms with E-state index in [0.29, 0.717) is 0 Å². The van der Waals surface area contributed by atoms with Crippen molar-refractivity contribution in [1.29, 1.82) is 0 Å². The molecule has 0 bridgehead atoms. The Bertz CT molecular complexity index is 632. The molecule has 1 aromatic heterocycles. The first-order valence-corrected chi connectivity index (χ1v) is 6.69. The fourth-order valence-electron chi connectivity index (χ4n) is 1.72. The largest absolute Gasteiger partial charge is 0.491 e. The topological polar surface area (TPSA) is 54.4 Å². The number of nitrogens with one attached hydrogen (secondary N) is 1. The van der Waals surface area contributed by atoms with Crippen LogP contribution >= 0.6 is 0 Å². The van der Waals surface area contributed by atoms with Gasteiger partial charge in [0.15, 0.2) is 0 Å². The summed E-state index contributed by atoms with van der Waals surface area (Å²) in [7, 11) is 0. The van der Waals surface area contributed by atoms with E-state index < -0.39 is 23.8 Å². The van der Waals surface area contributed by atoms with Crippen LogP contribution in [0, 0.1) is 5.95 Å². The number of benzene rings is 1. The molecule has 2 N–H and O–H groups in total. The third-order valence-corrected chi connectivity index (χ3v) is 2.86. The molecule has 0 spiro atoms. The van der Waals surface area contributed by atoms with E-state index in [1.54, 1.807) is 0 Å². The molecule has 2 rings (SSSR count). The highest BCUT2D eigenvalue weighted by molar-refractivity contribution is 5.33. The molecular weight excluding hydrogens is 316 g/mol. The standard InChI is InChI=1S/C15H14F4N2O2/c16-13-2-1-3-14(21-13)20-8-11(22)9-23-12-6-4-10(5-7-12)15(17,18)19/h1-7,11,22H,8-9H2,(H,20,21). The predicted octanol–water partition coefficient (Wildman–Crippen LogP) is 3.09. The van der Waals surface area contributed by atoms with Crippen LogP contribution < -0.4 is 10.1 Å². The van der Waals surface area contributed by atoms with E-state index in [0.717, 1.165) is 12.1 Å². The SMILES string of the molecule is OC(CNc1cccc(F)n1)COc1ccc(C(F)(F)F)cc1. The highest BCUT2D eigenvalue weighted by Crippen LogP contribution is 2.30. The Balaban J connectivity index is 1.79. The highest BCUT2D eigenvalue weighted by atomic mass is 19.4. The second-order valence-corrected chi connectivity index (χ2v) is 4.71. The van der Waals surface area contributed by atoms with Gasteiger partial charge < -0.3 is 15.2 Å². The molecule has 2 aromatic rings. The monoisotopic (exact) mass is 330 g/mol. The zero-order valence-electron chi connectivity index (χ0n) is 11.8. The van der Waals surface area contributed by atoms with Gasteiger partial charge in [-0.05, 0) is 36.4 Å². The van der Waals surface area contributed by atoms with Crippen LogP contribution in [0.5, 0.6) is 5.75 Å². The molecule has 1 aromatic carbocycles. The average molecular weight is 330 g/mol. The van der Waals surface area contributed by atoms with Crippen LogP contribution in [0.4, 0.5) is 23.4 Å². The quantitative estimate of drug-likeness (QED) is 0.631. The number of ether oxygens (including phenoxy) is 1. The van der Waals surface area contributed by atoms with Gasteiger partial charge in [0.1, 0.15) is 24.3 Å². The molecule has 1 unspecified atom stereocenters. The van der Waals surface area contributed by atoms with Gasteiger partial charge in [-0.25, -0.2) is 4.98 Å². The van der Waals surface area contributed by atoms with E-state index in [4.69, 9.17) is 4.74 Å². The molecule has 0 aliphatic heterocycles. The number of aliphatic hydroxyl groups is 1. The van der Waals surface area contributed by atoms with E-state index in [9.17, 15) is 22.7 Å². The van der Waals surface area contributed by atoms with Crippen LogP contribution in [-0.2, 0) is 6.18 Å². The predicted molar refractivity (Wildman–Crippen MR) is 75.6 cm³/mol. The minimum absolute atomic E-state index is 0.0527. The van der Waals surface area contributed by atoms with Crippen LogP contribution in [0.15, 0.2) is 42.5 Å². The van der Waals surface area contributed by atoms with E-state index in [1.165, 1.54) is 30.3 Å². The number of hydrogen-bond acceptors (Lipinski definition) is 4. The molecule has 124 valence electrons. The van der Waals surface area contributed by atoms with E-state index >= 15 is 0 Å². The Morgan fingerprint density at radius 1 is 1.13 bits per heavy atom. The van der Waals surface area contributed by atoms with Crippen molar-refractivity contribution in [2.75, 3.05) is 18.5 Å². The normalized spacial score (nSPS) is 12.7. The minimum Gasteiger partial charge on any atom is -0.491 e. The molecular formula is C15H14F4N2O2. The lowest BCUT2D eigenvalue weighted by molar-refractivity contribution is -0.137. The second kappa shape index (κ2) is 7.28. The summed E-state index contributed by atoms with van der Waals surface area (Å²) in [5.41, 5.74) is -0.774. The number of aliphatic hydroxyl groups excluding tert-OH is 1. The summed E-state index contributed by atoms with van der Waals surface area (Å²) in [4.78, 5) is 3.56. The molecule has 0 aliphatic carbocycles. The van der Waals surface area contributed by atoms with Gasteiger partial charge >= 0.3 is 6.18 Å². The van der Waals surface area contributed by atoms with Crippen molar-refractivity contribution in [2.24, 2.45) is 0 Å². The second-order valence-electron chi connectivity index (χ2n) is 4.71. The zero-order valence-corrected chi connectivity index (χ0v) is 11.8. The third-order valence-electron chi connectivity index (χ3n) is 2.86. The number of aromatic nitrogens is 1. The summed E-state index contributed by atoms with van der Waals surface area (Å²) in [5.74, 6) is -0.176. The Morgan fingerprint density at radius 2 is 1.83 bits per heavy atom. The third kappa shape index (κ3) is 5.41. The molecule has 8 heteroatoms. The summed E-state index contributed by atoms with van der Waals surface area (Å²) in [6.45, 7) is -0.0786. The van der Waals surface area contributed by atoms with Gasteiger partial charge in [0, 0.05) is 6.54 Å². The molecule has 1 atom stereocenters. The first-order valence-electron chi connectivity index (χ1n) is 6.69. The van der Waals surface area contributed by atoms with Gasteiger partial charge in [0.25, 0.3) is 0 Å². The maximum Gasteiger partial charge on any atom is 0.416 e. The molecule has 4 nitrogen and oxygen atoms in total. The lowest BCUT2D eigenvalue weighted by Gasteiger charge is -2.14. The van der Waals surface area contributed by atoms with Crippen molar-refractivity contribution in [3.8, 4) is 5.75 Å². The molecule has 1 heterocycles. The maximum absolute atomic E-state index is 12.9. The van der Waals surface area contributed by atoms with Gasteiger partial charge in [-0.1, -0.05) is 6.07 Å². The minimum atomic E-state index is -4.40. The summed E-state index contributed by atoms with van der Waals surface area (Å²) in [5, 5.41) is 12.5. The van der Waals surface area contributed by atoms with E-state index in [-0.39, 0.29) is 24.7 Å². The van der Waals surface area contributed by atoms with Crippen LogP contribution in [0.25, 0.3) is 0 Å². The highest BCUT2D eigenvalue weighted by Gasteiger charge is 2.30. The summed E-state index contributed by atoms with van der Waals surface area (Å²) < 4.78 is 55.3. The molecule has 23 heavy (non-hydrogen) atoms. The molecule has 0 saturated carbocycles. The molecule has 0 saturated heterocycles. The van der Waals surface area contributed by atoms with Gasteiger partial charge in [-0.3, -0.25) is 0 Å². The molecule has 0 amide bonds. The van der Waals surface area contributed by atoms with Crippen LogP contribution in [0.1, 0.15) is 5.56 Å². The Morgan fingerprint density at radius 3 is 2.43 bits per heavy atom. The fraction of sp³-hybridized carbons (Fsp3) is 0.267. The van der Waals surface area contributed by atoms with Crippen LogP contribution in [0.2, 0.25) is 0 Å². The number of hydrogen-bond donors (Lipinski definition) is 2. The number of alkyl halides is 3. The Labute approximate surface area is 129 Å². The molecule has 0 fully saturated rings. The molecule has 0 radical (unpaired) electrons. The van der Waals surface area contributed by atoms with Crippen molar-refractivity contribution >= 4 is 5.82 Å². The van der Waals surface area contributed by atoms with Crippen LogP contribution in [-0.4, -0.2) is 29.3 Å². The average Bonchev–Trinajstić information content (AvgIpc) is 2.50. The summed E-state index contributed by atoms with van der Waals surface area (Å²) in [6.07, 6.45) is -5.35. The maximum atomic E-state index is 12.9. The van der Waals surface area contributed by atoms with E-state index in [2.05, 4.69) is 10.3 Å². The fourth-order valence-corrected chi connectivity index (χ4v) is 1.72. The Hall–Kier alpha value is -2.35. The van der Waals surface area contributed by atoms with Crippen molar-refractivity contribution in [3.05, 3.63) is 54.0 Å². The van der Waals surface area contributed by atoms with Crippen molar-refractivity contribution in [3.63, 3.8) is 0 Å². The number of nitrogens with zero attached hydrogens (tertiary/aromatic N) is 1. The first-order chi connectivity index (χ1) is 10.8. The number of anilines is 1. The zero-order chi connectivity index (χ0) is 16.9. The van der Waals surface area contributed by atoms with Gasteiger partial charge in [0.2, 0.25) is 5.95 Å². The lowest BCUT2D eigenvalue weighted by Crippen LogP contribution is -2.26. The van der Waals surface area contributed by atoms with Gasteiger partial charge in [-0.2, -0.15) is 17.6 Å². The van der Waals surface area contributed by atoms with Crippen LogP contribution in [0.3, 0.4) is 0 Å². The smallest absolute Gasteiger partial charge is 0.416 e. The Kier molecular flexibility index (Phi) is 5.38.